The molecule has 1 saturated heterocycles. The maximum absolute atomic E-state index is 12.3. The van der Waals surface area contributed by atoms with E-state index in [2.05, 4.69) is 25.5 Å². The van der Waals surface area contributed by atoms with Crippen LogP contribution in [0.15, 0.2) is 73.3 Å². The molecule has 0 atom stereocenters. The molecule has 0 spiro atoms. The number of carbonyl (C=O) groups is 1. The van der Waals surface area contributed by atoms with Crippen molar-refractivity contribution >= 4 is 23.2 Å². The Kier molecular flexibility index (Phi) is 7.47. The number of nitrogens with zero attached hydrogens (tertiary/aromatic N) is 5. The number of hydrogen-bond acceptors (Lipinski definition) is 8. The topological polar surface area (TPSA) is 114 Å². The maximum atomic E-state index is 12.3. The smallest absolute Gasteiger partial charge is 0.323 e. The van der Waals surface area contributed by atoms with Crippen molar-refractivity contribution in [2.45, 2.75) is 6.92 Å². The summed E-state index contributed by atoms with van der Waals surface area (Å²) >= 11 is 0. The maximum Gasteiger partial charge on any atom is 0.323 e. The number of nitrogens with one attached hydrogen (secondary N) is 2. The molecular formula is C27H27N7O3. The molecule has 0 unspecified atom stereocenters. The van der Waals surface area contributed by atoms with Crippen LogP contribution in [-0.4, -0.2) is 58.9 Å². The molecule has 1 aliphatic heterocycles. The van der Waals surface area contributed by atoms with E-state index in [4.69, 9.17) is 19.4 Å². The van der Waals surface area contributed by atoms with Gasteiger partial charge >= 0.3 is 6.03 Å². The molecule has 37 heavy (non-hydrogen) atoms. The number of morpholine rings is 1. The molecule has 2 N–H and O–H groups in total. The zero-order valence-electron chi connectivity index (χ0n) is 20.4. The molecule has 10 heteroatoms. The highest BCUT2D eigenvalue weighted by molar-refractivity contribution is 5.99. The van der Waals surface area contributed by atoms with Gasteiger partial charge in [-0.3, -0.25) is 9.97 Å². The number of anilines is 3. The van der Waals surface area contributed by atoms with Crippen LogP contribution < -0.4 is 20.3 Å². The summed E-state index contributed by atoms with van der Waals surface area (Å²) in [6, 6.07) is 14.4. The molecular weight excluding hydrogens is 470 g/mol. The molecule has 1 aliphatic rings. The number of hydrogen-bond donors (Lipinski definition) is 2. The molecule has 1 aromatic carbocycles. The Bertz CT molecular complexity index is 1330. The van der Waals surface area contributed by atoms with Gasteiger partial charge in [0.1, 0.15) is 5.69 Å². The fourth-order valence-electron chi connectivity index (χ4n) is 3.97. The van der Waals surface area contributed by atoms with Crippen molar-refractivity contribution in [3.63, 3.8) is 0 Å². The predicted octanol–water partition coefficient (Wildman–Crippen LogP) is 4.48. The van der Waals surface area contributed by atoms with Crippen LogP contribution in [0.2, 0.25) is 0 Å². The second-order valence-electron chi connectivity index (χ2n) is 8.22. The molecule has 0 aliphatic carbocycles. The van der Waals surface area contributed by atoms with Crippen LogP contribution in [0.5, 0.6) is 5.75 Å². The monoisotopic (exact) mass is 497 g/mol. The Morgan fingerprint density at radius 2 is 1.65 bits per heavy atom. The Hall–Kier alpha value is -4.57. The summed E-state index contributed by atoms with van der Waals surface area (Å²) < 4.78 is 11.6. The van der Waals surface area contributed by atoms with E-state index in [1.54, 1.807) is 36.9 Å². The summed E-state index contributed by atoms with van der Waals surface area (Å²) in [7, 11) is 0. The van der Waals surface area contributed by atoms with Crippen molar-refractivity contribution in [1.29, 1.82) is 0 Å². The van der Waals surface area contributed by atoms with E-state index in [-0.39, 0.29) is 6.03 Å². The largest absolute Gasteiger partial charge is 0.488 e. The van der Waals surface area contributed by atoms with Crippen molar-refractivity contribution in [3.8, 4) is 28.4 Å². The lowest BCUT2D eigenvalue weighted by atomic mass is 10.1. The van der Waals surface area contributed by atoms with Crippen LogP contribution in [0, 0.1) is 0 Å². The Labute approximate surface area is 214 Å². The average Bonchev–Trinajstić information content (AvgIpc) is 2.95. The van der Waals surface area contributed by atoms with Gasteiger partial charge in [0.15, 0.2) is 17.4 Å². The Balaban J connectivity index is 1.46. The third kappa shape index (κ3) is 5.81. The third-order valence-electron chi connectivity index (χ3n) is 5.70. The van der Waals surface area contributed by atoms with Crippen LogP contribution in [0.3, 0.4) is 0 Å². The second-order valence-corrected chi connectivity index (χ2v) is 8.22. The van der Waals surface area contributed by atoms with Crippen molar-refractivity contribution in [2.24, 2.45) is 0 Å². The first-order valence-electron chi connectivity index (χ1n) is 12.1. The molecule has 0 bridgehead atoms. The zero-order valence-corrected chi connectivity index (χ0v) is 20.4. The first-order chi connectivity index (χ1) is 18.2. The first-order valence-corrected chi connectivity index (χ1v) is 12.1. The molecule has 5 rings (SSSR count). The highest BCUT2D eigenvalue weighted by Crippen LogP contribution is 2.38. The molecule has 1 fully saturated rings. The van der Waals surface area contributed by atoms with Gasteiger partial charge in [-0.2, -0.15) is 0 Å². The second kappa shape index (κ2) is 11.4. The lowest BCUT2D eigenvalue weighted by Gasteiger charge is -2.30. The summed E-state index contributed by atoms with van der Waals surface area (Å²) in [6.07, 6.45) is 6.73. The van der Waals surface area contributed by atoms with Crippen molar-refractivity contribution in [3.05, 3.63) is 73.3 Å². The average molecular weight is 498 g/mol. The number of aromatic nitrogens is 4. The Morgan fingerprint density at radius 3 is 2.32 bits per heavy atom. The molecule has 4 heterocycles. The van der Waals surface area contributed by atoms with Gasteiger partial charge in [0.2, 0.25) is 0 Å². The van der Waals surface area contributed by atoms with E-state index in [0.717, 1.165) is 16.9 Å². The lowest BCUT2D eigenvalue weighted by molar-refractivity contribution is 0.122. The summed E-state index contributed by atoms with van der Waals surface area (Å²) in [4.78, 5) is 32.6. The highest BCUT2D eigenvalue weighted by Gasteiger charge is 2.24. The van der Waals surface area contributed by atoms with E-state index < -0.39 is 0 Å². The van der Waals surface area contributed by atoms with Crippen LogP contribution in [0.25, 0.3) is 22.6 Å². The number of benzene rings is 1. The van der Waals surface area contributed by atoms with Gasteiger partial charge < -0.3 is 25.0 Å². The van der Waals surface area contributed by atoms with Crippen molar-refractivity contribution in [2.75, 3.05) is 48.4 Å². The van der Waals surface area contributed by atoms with Gasteiger partial charge in [-0.25, -0.2) is 14.8 Å². The van der Waals surface area contributed by atoms with E-state index >= 15 is 0 Å². The third-order valence-corrected chi connectivity index (χ3v) is 5.70. The van der Waals surface area contributed by atoms with E-state index in [0.29, 0.717) is 61.6 Å². The van der Waals surface area contributed by atoms with E-state index in [1.165, 1.54) is 0 Å². The number of carbonyl (C=O) groups excluding carboxylic acids is 1. The number of pyridine rings is 2. The summed E-state index contributed by atoms with van der Waals surface area (Å²) in [6.45, 7) is 5.08. The molecule has 0 saturated carbocycles. The molecule has 4 aromatic rings. The van der Waals surface area contributed by atoms with Gasteiger partial charge in [0.05, 0.1) is 31.7 Å². The minimum absolute atomic E-state index is 0.355. The summed E-state index contributed by atoms with van der Waals surface area (Å²) in [5.74, 6) is 1.91. The number of rotatable bonds is 7. The quantitative estimate of drug-likeness (QED) is 0.384. The minimum atomic E-state index is -0.355. The van der Waals surface area contributed by atoms with Crippen LogP contribution in [0.4, 0.5) is 22.0 Å². The number of ether oxygens (including phenoxy) is 2. The summed E-state index contributed by atoms with van der Waals surface area (Å²) in [5, 5.41) is 5.58. The van der Waals surface area contributed by atoms with Gasteiger partial charge in [-0.15, -0.1) is 0 Å². The minimum Gasteiger partial charge on any atom is -0.488 e. The highest BCUT2D eigenvalue weighted by atomic mass is 16.5. The molecule has 0 radical (unpaired) electrons. The number of urea groups is 1. The van der Waals surface area contributed by atoms with Crippen molar-refractivity contribution in [1.82, 2.24) is 19.9 Å². The Morgan fingerprint density at radius 1 is 0.919 bits per heavy atom. The fourth-order valence-corrected chi connectivity index (χ4v) is 3.97. The van der Waals surface area contributed by atoms with Crippen LogP contribution in [-0.2, 0) is 4.74 Å². The molecule has 3 aromatic heterocycles. The zero-order chi connectivity index (χ0) is 25.5. The van der Waals surface area contributed by atoms with Gasteiger partial charge in [0, 0.05) is 48.5 Å². The number of amides is 2. The first kappa shape index (κ1) is 24.1. The van der Waals surface area contributed by atoms with E-state index in [1.807, 2.05) is 43.3 Å². The predicted molar refractivity (Wildman–Crippen MR) is 142 cm³/mol. The standard InChI is InChI=1S/C27H27N7O3/c1-2-37-24-23(20-5-3-11-28-17-20)32-25(33-26(24)34-13-15-36-16-14-34)19-7-9-21(10-8-19)30-27(35)31-22-6-4-12-29-18-22/h3-12,17-18H,2,13-16H2,1H3,(H2,30,31,35). The van der Waals surface area contributed by atoms with Crippen LogP contribution in [0.1, 0.15) is 6.92 Å². The van der Waals surface area contributed by atoms with E-state index in [9.17, 15) is 4.79 Å². The SMILES string of the molecule is CCOc1c(-c2cccnc2)nc(-c2ccc(NC(=O)Nc3cccnc3)cc2)nc1N1CCOCC1. The molecule has 188 valence electrons. The van der Waals surface area contributed by atoms with Gasteiger partial charge in [0.25, 0.3) is 0 Å². The van der Waals surface area contributed by atoms with Crippen LogP contribution >= 0.6 is 0 Å². The molecule has 10 nitrogen and oxygen atoms in total. The molecule has 2 amide bonds. The van der Waals surface area contributed by atoms with Gasteiger partial charge in [-0.1, -0.05) is 0 Å². The normalized spacial score (nSPS) is 13.2. The summed E-state index contributed by atoms with van der Waals surface area (Å²) in [5.41, 5.74) is 3.57. The van der Waals surface area contributed by atoms with Gasteiger partial charge in [-0.05, 0) is 55.5 Å². The fraction of sp³-hybridized carbons (Fsp3) is 0.222. The van der Waals surface area contributed by atoms with Crippen molar-refractivity contribution < 1.29 is 14.3 Å². The lowest BCUT2D eigenvalue weighted by Crippen LogP contribution is -2.37.